The number of amides is 1. The van der Waals surface area contributed by atoms with Crippen molar-refractivity contribution in [2.45, 2.75) is 51.1 Å². The van der Waals surface area contributed by atoms with Crippen LogP contribution in [0.2, 0.25) is 0 Å². The van der Waals surface area contributed by atoms with Gasteiger partial charge in [0.15, 0.2) is 5.69 Å². The fraction of sp³-hybridized carbons (Fsp3) is 0.524. The minimum Gasteiger partial charge on any atom is -0.337 e. The van der Waals surface area contributed by atoms with Gasteiger partial charge in [-0.2, -0.15) is 5.10 Å². The quantitative estimate of drug-likeness (QED) is 0.900. The molecule has 1 N–H and O–H groups in total. The van der Waals surface area contributed by atoms with Crippen molar-refractivity contribution in [1.29, 1.82) is 0 Å². The van der Waals surface area contributed by atoms with E-state index < -0.39 is 0 Å². The molecule has 6 heteroatoms. The van der Waals surface area contributed by atoms with Gasteiger partial charge in [0.2, 0.25) is 0 Å². The smallest absolute Gasteiger partial charge is 0.274 e. The van der Waals surface area contributed by atoms with Gasteiger partial charge in [0.05, 0.1) is 0 Å². The Balaban J connectivity index is 1.48. The van der Waals surface area contributed by atoms with Crippen molar-refractivity contribution in [3.63, 3.8) is 0 Å². The number of hydrogen-bond donors (Lipinski definition) is 1. The van der Waals surface area contributed by atoms with Crippen molar-refractivity contribution >= 4 is 5.91 Å². The molecule has 0 saturated carbocycles. The molecular formula is C21H27FN4O. The monoisotopic (exact) mass is 370 g/mol. The highest BCUT2D eigenvalue weighted by atomic mass is 19.1. The molecule has 0 radical (unpaired) electrons. The van der Waals surface area contributed by atoms with E-state index in [2.05, 4.69) is 10.4 Å². The SMILES string of the molecule is Cn1nc(C(=O)N2CCCCC2)c2c1CCC(NCc1ccccc1F)C2. The van der Waals surface area contributed by atoms with Crippen LogP contribution in [0, 0.1) is 5.82 Å². The molecule has 0 spiro atoms. The second kappa shape index (κ2) is 7.80. The van der Waals surface area contributed by atoms with E-state index >= 15 is 0 Å². The lowest BCUT2D eigenvalue weighted by atomic mass is 9.90. The van der Waals surface area contributed by atoms with Gasteiger partial charge in [0, 0.05) is 49.5 Å². The molecular weight excluding hydrogens is 343 g/mol. The molecule has 1 amide bonds. The molecule has 1 aromatic heterocycles. The van der Waals surface area contributed by atoms with E-state index in [0.29, 0.717) is 17.8 Å². The molecule has 1 saturated heterocycles. The lowest BCUT2D eigenvalue weighted by molar-refractivity contribution is 0.0716. The summed E-state index contributed by atoms with van der Waals surface area (Å²) in [6.45, 7) is 2.17. The number of piperidine rings is 1. The number of nitrogens with zero attached hydrogens (tertiary/aromatic N) is 3. The molecule has 27 heavy (non-hydrogen) atoms. The molecule has 1 aliphatic carbocycles. The fourth-order valence-corrected chi connectivity index (χ4v) is 4.28. The van der Waals surface area contributed by atoms with Crippen molar-refractivity contribution in [2.75, 3.05) is 13.1 Å². The highest BCUT2D eigenvalue weighted by Crippen LogP contribution is 2.26. The van der Waals surface area contributed by atoms with Crippen LogP contribution < -0.4 is 5.32 Å². The number of carbonyl (C=O) groups excluding carboxylic acids is 1. The van der Waals surface area contributed by atoms with Crippen LogP contribution in [-0.2, 0) is 26.4 Å². The Morgan fingerprint density at radius 3 is 2.81 bits per heavy atom. The minimum absolute atomic E-state index is 0.0707. The lowest BCUT2D eigenvalue weighted by Crippen LogP contribution is -2.38. The van der Waals surface area contributed by atoms with Gasteiger partial charge >= 0.3 is 0 Å². The topological polar surface area (TPSA) is 50.2 Å². The maximum Gasteiger partial charge on any atom is 0.274 e. The Hall–Kier alpha value is -2.21. The molecule has 144 valence electrons. The van der Waals surface area contributed by atoms with Gasteiger partial charge in [-0.25, -0.2) is 4.39 Å². The molecule has 5 nitrogen and oxygen atoms in total. The first-order chi connectivity index (χ1) is 13.1. The molecule has 2 aromatic rings. The Morgan fingerprint density at radius 1 is 1.26 bits per heavy atom. The Morgan fingerprint density at radius 2 is 2.04 bits per heavy atom. The first-order valence-electron chi connectivity index (χ1n) is 9.94. The average molecular weight is 370 g/mol. The molecule has 0 bridgehead atoms. The van der Waals surface area contributed by atoms with Crippen LogP contribution in [0.25, 0.3) is 0 Å². The molecule has 4 rings (SSSR count). The van der Waals surface area contributed by atoms with Crippen molar-refractivity contribution in [3.8, 4) is 0 Å². The predicted molar refractivity (Wildman–Crippen MR) is 102 cm³/mol. The summed E-state index contributed by atoms with van der Waals surface area (Å²) in [4.78, 5) is 14.9. The number of benzene rings is 1. The first-order valence-corrected chi connectivity index (χ1v) is 9.94. The molecule has 1 atom stereocenters. The number of aryl methyl sites for hydroxylation is 1. The number of aromatic nitrogens is 2. The summed E-state index contributed by atoms with van der Waals surface area (Å²) in [7, 11) is 1.93. The van der Waals surface area contributed by atoms with Crippen molar-refractivity contribution < 1.29 is 9.18 Å². The van der Waals surface area contributed by atoms with E-state index in [1.807, 2.05) is 28.8 Å². The van der Waals surface area contributed by atoms with Gasteiger partial charge in [-0.05, 0) is 44.6 Å². The van der Waals surface area contributed by atoms with Gasteiger partial charge in [-0.1, -0.05) is 18.2 Å². The Kier molecular flexibility index (Phi) is 5.25. The predicted octanol–water partition coefficient (Wildman–Crippen LogP) is 2.83. The third-order valence-corrected chi connectivity index (χ3v) is 5.84. The van der Waals surface area contributed by atoms with E-state index in [1.54, 1.807) is 6.07 Å². The third kappa shape index (κ3) is 3.76. The van der Waals surface area contributed by atoms with Crippen LogP contribution in [0.5, 0.6) is 0 Å². The molecule has 1 aliphatic heterocycles. The average Bonchev–Trinajstić information content (AvgIpc) is 3.03. The summed E-state index contributed by atoms with van der Waals surface area (Å²) in [5.74, 6) is -0.106. The zero-order valence-electron chi connectivity index (χ0n) is 15.9. The molecule has 2 heterocycles. The first kappa shape index (κ1) is 18.2. The van der Waals surface area contributed by atoms with Gasteiger partial charge < -0.3 is 10.2 Å². The third-order valence-electron chi connectivity index (χ3n) is 5.84. The number of fused-ring (bicyclic) bond motifs is 1. The summed E-state index contributed by atoms with van der Waals surface area (Å²) in [5, 5.41) is 8.04. The zero-order chi connectivity index (χ0) is 18.8. The minimum atomic E-state index is -0.177. The number of likely N-dealkylation sites (tertiary alicyclic amines) is 1. The van der Waals surface area contributed by atoms with Crippen molar-refractivity contribution in [3.05, 3.63) is 52.6 Å². The van der Waals surface area contributed by atoms with E-state index in [4.69, 9.17) is 0 Å². The zero-order valence-corrected chi connectivity index (χ0v) is 15.9. The van der Waals surface area contributed by atoms with E-state index in [1.165, 1.54) is 18.2 Å². The number of rotatable bonds is 4. The molecule has 1 fully saturated rings. The maximum absolute atomic E-state index is 13.9. The summed E-state index contributed by atoms with van der Waals surface area (Å²) in [6, 6.07) is 7.10. The summed E-state index contributed by atoms with van der Waals surface area (Å²) < 4.78 is 15.7. The van der Waals surface area contributed by atoms with Crippen LogP contribution in [0.1, 0.15) is 53.0 Å². The van der Waals surface area contributed by atoms with Gasteiger partial charge in [0.1, 0.15) is 5.82 Å². The second-order valence-electron chi connectivity index (χ2n) is 7.66. The van der Waals surface area contributed by atoms with Crippen LogP contribution >= 0.6 is 0 Å². The maximum atomic E-state index is 13.9. The second-order valence-corrected chi connectivity index (χ2v) is 7.66. The van der Waals surface area contributed by atoms with E-state index in [-0.39, 0.29) is 17.8 Å². The van der Waals surface area contributed by atoms with Crippen LogP contribution in [0.3, 0.4) is 0 Å². The fourth-order valence-electron chi connectivity index (χ4n) is 4.28. The number of hydrogen-bond acceptors (Lipinski definition) is 3. The Bertz CT molecular complexity index is 826. The standard InChI is InChI=1S/C21H27FN4O/c1-25-19-10-9-16(23-14-15-7-3-4-8-18(15)22)13-17(19)20(24-25)21(27)26-11-5-2-6-12-26/h3-4,7-8,16,23H,2,5-6,9-14H2,1H3. The number of halogens is 1. The van der Waals surface area contributed by atoms with Gasteiger partial charge in [-0.3, -0.25) is 9.48 Å². The lowest BCUT2D eigenvalue weighted by Gasteiger charge is -2.27. The largest absolute Gasteiger partial charge is 0.337 e. The summed E-state index contributed by atoms with van der Waals surface area (Å²) >= 11 is 0. The number of nitrogens with one attached hydrogen (secondary N) is 1. The van der Waals surface area contributed by atoms with E-state index in [9.17, 15) is 9.18 Å². The molecule has 1 unspecified atom stereocenters. The summed E-state index contributed by atoms with van der Waals surface area (Å²) in [5.41, 5.74) is 3.54. The van der Waals surface area contributed by atoms with Gasteiger partial charge in [0.25, 0.3) is 5.91 Å². The normalized spacial score (nSPS) is 19.8. The van der Waals surface area contributed by atoms with Gasteiger partial charge in [-0.15, -0.1) is 0 Å². The highest BCUT2D eigenvalue weighted by Gasteiger charge is 2.30. The summed E-state index contributed by atoms with van der Waals surface area (Å²) in [6.07, 6.45) is 5.99. The van der Waals surface area contributed by atoms with E-state index in [0.717, 1.165) is 50.8 Å². The van der Waals surface area contributed by atoms with Crippen LogP contribution in [0.4, 0.5) is 4.39 Å². The van der Waals surface area contributed by atoms with Crippen molar-refractivity contribution in [2.24, 2.45) is 7.05 Å². The molecule has 2 aliphatic rings. The molecule has 1 aromatic carbocycles. The van der Waals surface area contributed by atoms with Crippen LogP contribution in [0.15, 0.2) is 24.3 Å². The number of carbonyl (C=O) groups is 1. The Labute approximate surface area is 159 Å². The van der Waals surface area contributed by atoms with Crippen LogP contribution in [-0.4, -0.2) is 39.7 Å². The van der Waals surface area contributed by atoms with Crippen molar-refractivity contribution in [1.82, 2.24) is 20.0 Å². The highest BCUT2D eigenvalue weighted by molar-refractivity contribution is 5.94.